The van der Waals surface area contributed by atoms with Crippen LogP contribution in [0.3, 0.4) is 0 Å². The van der Waals surface area contributed by atoms with Gasteiger partial charge in [-0.15, -0.1) is 0 Å². The summed E-state index contributed by atoms with van der Waals surface area (Å²) < 4.78 is 11.3. The van der Waals surface area contributed by atoms with Gasteiger partial charge in [-0.1, -0.05) is 36.7 Å². The molecule has 3 heterocycles. The van der Waals surface area contributed by atoms with Gasteiger partial charge in [-0.3, -0.25) is 9.59 Å². The van der Waals surface area contributed by atoms with E-state index in [4.69, 9.17) is 21.1 Å². The molecular weight excluding hydrogens is 330 g/mol. The van der Waals surface area contributed by atoms with Gasteiger partial charge in [0.2, 0.25) is 5.91 Å². The first-order chi connectivity index (χ1) is 11.6. The Morgan fingerprint density at radius 1 is 1.50 bits per heavy atom. The number of amides is 1. The average molecular weight is 348 g/mol. The Morgan fingerprint density at radius 2 is 2.33 bits per heavy atom. The zero-order valence-corrected chi connectivity index (χ0v) is 14.0. The fraction of sp³-hybridized carbons (Fsp3) is 0.444. The van der Waals surface area contributed by atoms with E-state index in [0.717, 1.165) is 12.1 Å². The van der Waals surface area contributed by atoms with E-state index in [1.165, 1.54) is 0 Å². The highest BCUT2D eigenvalue weighted by Gasteiger charge is 2.67. The molecule has 6 heteroatoms. The maximum atomic E-state index is 13.0. The molecule has 3 aliphatic heterocycles. The molecule has 0 radical (unpaired) electrons. The lowest BCUT2D eigenvalue weighted by molar-refractivity contribution is -0.152. The maximum Gasteiger partial charge on any atom is 0.312 e. The Bertz CT molecular complexity index is 733. The van der Waals surface area contributed by atoms with Crippen LogP contribution in [0, 0.1) is 11.8 Å². The zero-order chi connectivity index (χ0) is 16.9. The quantitative estimate of drug-likeness (QED) is 0.620. The Kier molecular flexibility index (Phi) is 3.66. The number of halogens is 1. The highest BCUT2D eigenvalue weighted by Crippen LogP contribution is 2.52. The highest BCUT2D eigenvalue weighted by molar-refractivity contribution is 6.31. The molecule has 0 N–H and O–H groups in total. The molecular formula is C18H18ClNO4. The summed E-state index contributed by atoms with van der Waals surface area (Å²) in [6.07, 6.45) is 4.18. The van der Waals surface area contributed by atoms with Gasteiger partial charge in [0.25, 0.3) is 0 Å². The molecule has 0 saturated carbocycles. The first-order valence-electron chi connectivity index (χ1n) is 8.16. The molecule has 24 heavy (non-hydrogen) atoms. The van der Waals surface area contributed by atoms with E-state index in [9.17, 15) is 9.59 Å². The summed E-state index contributed by atoms with van der Waals surface area (Å²) in [5, 5.41) is 0.564. The summed E-state index contributed by atoms with van der Waals surface area (Å²) in [5.74, 6) is -1.56. The number of carbonyl (C=O) groups excluding carboxylic acids is 2. The van der Waals surface area contributed by atoms with Crippen molar-refractivity contribution in [2.75, 3.05) is 18.1 Å². The number of anilines is 1. The summed E-state index contributed by atoms with van der Waals surface area (Å²) in [4.78, 5) is 27.1. The van der Waals surface area contributed by atoms with Crippen LogP contribution in [0.15, 0.2) is 36.4 Å². The number of rotatable bonds is 4. The van der Waals surface area contributed by atoms with E-state index < -0.39 is 17.4 Å². The lowest BCUT2D eigenvalue weighted by Gasteiger charge is -2.22. The van der Waals surface area contributed by atoms with Crippen LogP contribution >= 0.6 is 11.6 Å². The lowest BCUT2D eigenvalue weighted by Crippen LogP contribution is -2.40. The third kappa shape index (κ3) is 2.19. The molecule has 4 atom stereocenters. The molecule has 1 amide bonds. The van der Waals surface area contributed by atoms with Crippen molar-refractivity contribution < 1.29 is 19.1 Å². The third-order valence-corrected chi connectivity index (χ3v) is 5.18. The minimum atomic E-state index is -0.736. The number of benzene rings is 1. The zero-order valence-electron chi connectivity index (χ0n) is 13.3. The smallest absolute Gasteiger partial charge is 0.312 e. The number of hydrogen-bond donors (Lipinski definition) is 0. The monoisotopic (exact) mass is 347 g/mol. The van der Waals surface area contributed by atoms with Gasteiger partial charge in [0.15, 0.2) is 0 Å². The predicted molar refractivity (Wildman–Crippen MR) is 88.8 cm³/mol. The van der Waals surface area contributed by atoms with Gasteiger partial charge in [0.05, 0.1) is 25.2 Å². The average Bonchev–Trinajstić information content (AvgIpc) is 3.21. The number of carbonyl (C=O) groups is 2. The molecule has 2 saturated heterocycles. The standard InChI is InChI=1S/C18H18ClNO4/c1-2-8-23-17(22)14-13-6-7-18(24-13)10-20(16(21)15(14)18)12-5-3-4-11(19)9-12/h3-7,9,13-15H,2,8,10H2,1H3/t13-,14-,15-,18+/m0/s1. The second-order valence-corrected chi connectivity index (χ2v) is 6.91. The van der Waals surface area contributed by atoms with Crippen LogP contribution in [0.2, 0.25) is 5.02 Å². The largest absolute Gasteiger partial charge is 0.465 e. The first kappa shape index (κ1) is 15.7. The topological polar surface area (TPSA) is 55.8 Å². The second-order valence-electron chi connectivity index (χ2n) is 6.47. The maximum absolute atomic E-state index is 13.0. The molecule has 4 rings (SSSR count). The van der Waals surface area contributed by atoms with Gasteiger partial charge in [0.1, 0.15) is 11.5 Å². The fourth-order valence-corrected chi connectivity index (χ4v) is 4.11. The third-order valence-electron chi connectivity index (χ3n) is 4.94. The van der Waals surface area contributed by atoms with E-state index in [2.05, 4.69) is 0 Å². The van der Waals surface area contributed by atoms with Crippen molar-refractivity contribution in [3.63, 3.8) is 0 Å². The SMILES string of the molecule is CCCOC(=O)[C@H]1[C@@H]2C=C[C@]3(CN(c4cccc(Cl)c4)C(=O)[C@H]13)O2. The summed E-state index contributed by atoms with van der Waals surface area (Å²) >= 11 is 6.05. The van der Waals surface area contributed by atoms with E-state index in [1.807, 2.05) is 25.1 Å². The van der Waals surface area contributed by atoms with Gasteiger partial charge in [-0.25, -0.2) is 0 Å². The summed E-state index contributed by atoms with van der Waals surface area (Å²) in [6.45, 7) is 2.69. The molecule has 1 aromatic carbocycles. The van der Waals surface area contributed by atoms with Crippen LogP contribution in [-0.4, -0.2) is 36.7 Å². The lowest BCUT2D eigenvalue weighted by atomic mass is 9.77. The van der Waals surface area contributed by atoms with Crippen molar-refractivity contribution in [3.05, 3.63) is 41.4 Å². The minimum absolute atomic E-state index is 0.109. The first-order valence-corrected chi connectivity index (χ1v) is 8.54. The summed E-state index contributed by atoms with van der Waals surface area (Å²) in [6, 6.07) is 7.15. The summed E-state index contributed by atoms with van der Waals surface area (Å²) in [7, 11) is 0. The molecule has 0 aliphatic carbocycles. The Labute approximate surface area is 145 Å². The van der Waals surface area contributed by atoms with Gasteiger partial charge < -0.3 is 14.4 Å². The number of esters is 1. The van der Waals surface area contributed by atoms with E-state index in [0.29, 0.717) is 18.2 Å². The molecule has 5 nitrogen and oxygen atoms in total. The minimum Gasteiger partial charge on any atom is -0.465 e. The number of nitrogens with zero attached hydrogens (tertiary/aromatic N) is 1. The van der Waals surface area contributed by atoms with Crippen LogP contribution in [0.25, 0.3) is 0 Å². The molecule has 1 spiro atoms. The molecule has 126 valence electrons. The van der Waals surface area contributed by atoms with Gasteiger partial charge in [0, 0.05) is 10.7 Å². The molecule has 2 bridgehead atoms. The second kappa shape index (κ2) is 5.60. The predicted octanol–water partition coefficient (Wildman–Crippen LogP) is 2.58. The van der Waals surface area contributed by atoms with Crippen molar-refractivity contribution in [2.45, 2.75) is 25.0 Å². The Morgan fingerprint density at radius 3 is 3.08 bits per heavy atom. The fourth-order valence-electron chi connectivity index (χ4n) is 3.93. The van der Waals surface area contributed by atoms with E-state index in [1.54, 1.807) is 23.1 Å². The molecule has 1 aromatic rings. The van der Waals surface area contributed by atoms with Crippen molar-refractivity contribution in [1.29, 1.82) is 0 Å². The van der Waals surface area contributed by atoms with Crippen molar-refractivity contribution in [2.24, 2.45) is 11.8 Å². The van der Waals surface area contributed by atoms with Crippen LogP contribution in [0.1, 0.15) is 13.3 Å². The Balaban J connectivity index is 1.65. The normalized spacial score (nSPS) is 33.2. The molecule has 2 fully saturated rings. The molecule has 3 aliphatic rings. The number of hydrogen-bond acceptors (Lipinski definition) is 4. The molecule has 0 unspecified atom stereocenters. The number of ether oxygens (including phenoxy) is 2. The summed E-state index contributed by atoms with van der Waals surface area (Å²) in [5.41, 5.74) is -0.0163. The highest BCUT2D eigenvalue weighted by atomic mass is 35.5. The molecule has 0 aromatic heterocycles. The van der Waals surface area contributed by atoms with Gasteiger partial charge in [-0.2, -0.15) is 0 Å². The number of fused-ring (bicyclic) bond motifs is 1. The van der Waals surface area contributed by atoms with Crippen molar-refractivity contribution >= 4 is 29.2 Å². The van der Waals surface area contributed by atoms with Crippen LogP contribution < -0.4 is 4.90 Å². The van der Waals surface area contributed by atoms with Crippen molar-refractivity contribution in [3.8, 4) is 0 Å². The van der Waals surface area contributed by atoms with Crippen LogP contribution in [-0.2, 0) is 19.1 Å². The van der Waals surface area contributed by atoms with Crippen LogP contribution in [0.5, 0.6) is 0 Å². The van der Waals surface area contributed by atoms with E-state index in [-0.39, 0.29) is 18.0 Å². The van der Waals surface area contributed by atoms with Gasteiger partial charge >= 0.3 is 5.97 Å². The van der Waals surface area contributed by atoms with Crippen molar-refractivity contribution in [1.82, 2.24) is 0 Å². The Hall–Kier alpha value is -1.85. The van der Waals surface area contributed by atoms with Gasteiger partial charge in [-0.05, 0) is 24.6 Å². The van der Waals surface area contributed by atoms with E-state index >= 15 is 0 Å². The van der Waals surface area contributed by atoms with Crippen LogP contribution in [0.4, 0.5) is 5.69 Å².